The minimum Gasteiger partial charge on any atom is -0.308 e. The molecule has 0 aliphatic rings. The Morgan fingerprint density at radius 2 is 1.75 bits per heavy atom. The molecule has 0 spiro atoms. The number of thiazole rings is 2. The van der Waals surface area contributed by atoms with Crippen molar-refractivity contribution in [1.82, 2.24) is 14.9 Å². The molecule has 0 unspecified atom stereocenters. The van der Waals surface area contributed by atoms with Gasteiger partial charge in [0.25, 0.3) is 5.91 Å². The van der Waals surface area contributed by atoms with Crippen LogP contribution < -0.4 is 4.90 Å². The van der Waals surface area contributed by atoms with Crippen molar-refractivity contribution in [2.45, 2.75) is 0 Å². The van der Waals surface area contributed by atoms with Gasteiger partial charge in [-0.1, -0.05) is 23.5 Å². The van der Waals surface area contributed by atoms with Crippen LogP contribution in [0.4, 0.5) is 9.52 Å². The molecule has 4 aromatic rings. The van der Waals surface area contributed by atoms with E-state index in [0.29, 0.717) is 28.7 Å². The Hall–Kier alpha value is -2.13. The molecule has 0 aliphatic carbocycles. The first-order valence-corrected chi connectivity index (χ1v) is 10.0. The standard InChI is InChI=1S/C19H17FN4OS2.ClH/c1-23(2)9-10-24(19-22-14-8-7-12(20)11-16(14)27-19)18(25)17-21-13-5-3-4-6-15(13)26-17;/h3-8,11H,9-10H2,1-2H3;1H. The van der Waals surface area contributed by atoms with Crippen molar-refractivity contribution in [3.63, 3.8) is 0 Å². The average Bonchev–Trinajstić information content (AvgIpc) is 3.24. The third-order valence-electron chi connectivity index (χ3n) is 4.06. The molecule has 0 radical (unpaired) electrons. The van der Waals surface area contributed by atoms with Crippen molar-refractivity contribution in [3.8, 4) is 0 Å². The monoisotopic (exact) mass is 436 g/mol. The molecule has 0 saturated heterocycles. The number of hydrogen-bond donors (Lipinski definition) is 0. The van der Waals surface area contributed by atoms with Crippen molar-refractivity contribution < 1.29 is 9.18 Å². The normalized spacial score (nSPS) is 11.1. The summed E-state index contributed by atoms with van der Waals surface area (Å²) in [7, 11) is 3.90. The van der Waals surface area contributed by atoms with E-state index in [-0.39, 0.29) is 24.1 Å². The number of anilines is 1. The van der Waals surface area contributed by atoms with E-state index < -0.39 is 0 Å². The van der Waals surface area contributed by atoms with E-state index in [1.807, 2.05) is 43.3 Å². The summed E-state index contributed by atoms with van der Waals surface area (Å²) in [6, 6.07) is 12.1. The average molecular weight is 437 g/mol. The lowest BCUT2D eigenvalue weighted by molar-refractivity contribution is 0.0985. The highest BCUT2D eigenvalue weighted by Gasteiger charge is 2.24. The molecule has 2 aromatic heterocycles. The molecular weight excluding hydrogens is 419 g/mol. The lowest BCUT2D eigenvalue weighted by Gasteiger charge is -2.20. The van der Waals surface area contributed by atoms with Gasteiger partial charge in [-0.25, -0.2) is 14.4 Å². The van der Waals surface area contributed by atoms with Gasteiger partial charge in [-0.15, -0.1) is 23.7 Å². The zero-order valence-electron chi connectivity index (χ0n) is 15.3. The molecule has 0 bridgehead atoms. The first-order valence-electron chi connectivity index (χ1n) is 8.39. The highest BCUT2D eigenvalue weighted by atomic mass is 35.5. The van der Waals surface area contributed by atoms with E-state index >= 15 is 0 Å². The fourth-order valence-electron chi connectivity index (χ4n) is 2.66. The first-order chi connectivity index (χ1) is 13.0. The number of amides is 1. The Labute approximate surface area is 175 Å². The van der Waals surface area contributed by atoms with E-state index in [0.717, 1.165) is 14.9 Å². The molecule has 146 valence electrons. The number of fused-ring (bicyclic) bond motifs is 2. The highest BCUT2D eigenvalue weighted by molar-refractivity contribution is 7.22. The van der Waals surface area contributed by atoms with Crippen molar-refractivity contribution in [3.05, 3.63) is 53.3 Å². The molecule has 28 heavy (non-hydrogen) atoms. The fourth-order valence-corrected chi connectivity index (χ4v) is 4.59. The largest absolute Gasteiger partial charge is 0.308 e. The maximum absolute atomic E-state index is 13.5. The zero-order valence-corrected chi connectivity index (χ0v) is 17.7. The lowest BCUT2D eigenvalue weighted by Crippen LogP contribution is -2.36. The van der Waals surface area contributed by atoms with Crippen molar-refractivity contribution in [2.24, 2.45) is 0 Å². The SMILES string of the molecule is CN(C)CCN(C(=O)c1nc2ccccc2s1)c1nc2ccc(F)cc2s1.Cl. The Kier molecular flexibility index (Phi) is 6.24. The predicted molar refractivity (Wildman–Crippen MR) is 117 cm³/mol. The maximum atomic E-state index is 13.5. The van der Waals surface area contributed by atoms with Crippen molar-refractivity contribution >= 4 is 66.6 Å². The number of halogens is 2. The molecule has 0 aliphatic heterocycles. The summed E-state index contributed by atoms with van der Waals surface area (Å²) in [6.07, 6.45) is 0. The Balaban J connectivity index is 0.00000225. The Morgan fingerprint density at radius 3 is 2.50 bits per heavy atom. The maximum Gasteiger partial charge on any atom is 0.289 e. The van der Waals surface area contributed by atoms with Crippen molar-refractivity contribution in [1.29, 1.82) is 0 Å². The van der Waals surface area contributed by atoms with Gasteiger partial charge in [0.15, 0.2) is 10.1 Å². The first kappa shape index (κ1) is 20.6. The number of likely N-dealkylation sites (N-methyl/N-ethyl adjacent to an activating group) is 1. The minimum atomic E-state index is -0.310. The number of carbonyl (C=O) groups is 1. The summed E-state index contributed by atoms with van der Waals surface area (Å²) in [5.41, 5.74) is 1.49. The molecule has 2 heterocycles. The Morgan fingerprint density at radius 1 is 1.00 bits per heavy atom. The number of hydrogen-bond acceptors (Lipinski definition) is 6. The zero-order chi connectivity index (χ0) is 19.0. The molecule has 0 N–H and O–H groups in total. The number of benzene rings is 2. The summed E-state index contributed by atoms with van der Waals surface area (Å²) < 4.78 is 15.2. The van der Waals surface area contributed by atoms with Crippen LogP contribution in [-0.4, -0.2) is 48.0 Å². The summed E-state index contributed by atoms with van der Waals surface area (Å²) in [4.78, 5) is 25.9. The van der Waals surface area contributed by atoms with Gasteiger partial charge >= 0.3 is 0 Å². The van der Waals surface area contributed by atoms with E-state index in [2.05, 4.69) is 9.97 Å². The molecular formula is C19H18ClFN4OS2. The van der Waals surface area contributed by atoms with Crippen LogP contribution in [0, 0.1) is 5.82 Å². The smallest absolute Gasteiger partial charge is 0.289 e. The minimum absolute atomic E-state index is 0. The quantitative estimate of drug-likeness (QED) is 0.456. The van der Waals surface area contributed by atoms with Gasteiger partial charge in [0.05, 0.1) is 20.4 Å². The van der Waals surface area contributed by atoms with E-state index in [4.69, 9.17) is 0 Å². The topological polar surface area (TPSA) is 49.3 Å². The summed E-state index contributed by atoms with van der Waals surface area (Å²) >= 11 is 2.69. The third kappa shape index (κ3) is 4.15. The lowest BCUT2D eigenvalue weighted by atomic mass is 10.3. The number of para-hydroxylation sites is 1. The molecule has 0 saturated carbocycles. The van der Waals surface area contributed by atoms with Gasteiger partial charge < -0.3 is 4.90 Å². The summed E-state index contributed by atoms with van der Waals surface area (Å²) in [6.45, 7) is 1.16. The van der Waals surface area contributed by atoms with Crippen LogP contribution in [0.25, 0.3) is 20.4 Å². The molecule has 5 nitrogen and oxygen atoms in total. The number of aromatic nitrogens is 2. The molecule has 2 aromatic carbocycles. The van der Waals surface area contributed by atoms with Gasteiger partial charge in [-0.05, 0) is 44.4 Å². The van der Waals surface area contributed by atoms with E-state index in [1.54, 1.807) is 11.0 Å². The van der Waals surface area contributed by atoms with Gasteiger partial charge in [0.2, 0.25) is 0 Å². The van der Waals surface area contributed by atoms with Crippen LogP contribution in [0.5, 0.6) is 0 Å². The number of rotatable bonds is 5. The van der Waals surface area contributed by atoms with Gasteiger partial charge in [-0.3, -0.25) is 9.69 Å². The number of carbonyl (C=O) groups excluding carboxylic acids is 1. The molecule has 9 heteroatoms. The fraction of sp³-hybridized carbons (Fsp3) is 0.211. The number of nitrogens with zero attached hydrogens (tertiary/aromatic N) is 4. The Bertz CT molecular complexity index is 1090. The van der Waals surface area contributed by atoms with Crippen LogP contribution >= 0.6 is 35.1 Å². The van der Waals surface area contributed by atoms with E-state index in [1.165, 1.54) is 34.8 Å². The van der Waals surface area contributed by atoms with Crippen LogP contribution in [0.3, 0.4) is 0 Å². The molecule has 0 atom stereocenters. The van der Waals surface area contributed by atoms with Crippen LogP contribution in [0.2, 0.25) is 0 Å². The molecule has 4 rings (SSSR count). The van der Waals surface area contributed by atoms with Crippen LogP contribution in [0.15, 0.2) is 42.5 Å². The second-order valence-electron chi connectivity index (χ2n) is 6.36. The van der Waals surface area contributed by atoms with Crippen molar-refractivity contribution in [2.75, 3.05) is 32.1 Å². The third-order valence-corrected chi connectivity index (χ3v) is 6.13. The second kappa shape index (κ2) is 8.48. The van der Waals surface area contributed by atoms with Gasteiger partial charge in [0.1, 0.15) is 5.82 Å². The summed E-state index contributed by atoms with van der Waals surface area (Å²) in [5, 5.41) is 0.988. The second-order valence-corrected chi connectivity index (χ2v) is 8.40. The van der Waals surface area contributed by atoms with Crippen LogP contribution in [0.1, 0.15) is 9.80 Å². The van der Waals surface area contributed by atoms with Gasteiger partial charge in [-0.2, -0.15) is 0 Å². The van der Waals surface area contributed by atoms with Crippen LogP contribution in [-0.2, 0) is 0 Å². The van der Waals surface area contributed by atoms with E-state index in [9.17, 15) is 9.18 Å². The molecule has 1 amide bonds. The van der Waals surface area contributed by atoms with Gasteiger partial charge in [0, 0.05) is 13.1 Å². The molecule has 0 fully saturated rings. The summed E-state index contributed by atoms with van der Waals surface area (Å²) in [5.74, 6) is -0.493. The predicted octanol–water partition coefficient (Wildman–Crippen LogP) is 4.68. The highest BCUT2D eigenvalue weighted by Crippen LogP contribution is 2.31.